The van der Waals surface area contributed by atoms with Crippen molar-refractivity contribution in [1.29, 1.82) is 0 Å². The van der Waals surface area contributed by atoms with Crippen LogP contribution in [0.15, 0.2) is 12.1 Å². The second-order valence-corrected chi connectivity index (χ2v) is 7.05. The van der Waals surface area contributed by atoms with Gasteiger partial charge in [0, 0.05) is 42.0 Å². The number of hydrogen-bond donors (Lipinski definition) is 1. The van der Waals surface area contributed by atoms with Gasteiger partial charge in [0.2, 0.25) is 0 Å². The normalized spacial score (nSPS) is 22.1. The van der Waals surface area contributed by atoms with Gasteiger partial charge >= 0.3 is 0 Å². The van der Waals surface area contributed by atoms with Gasteiger partial charge in [-0.25, -0.2) is 0 Å². The summed E-state index contributed by atoms with van der Waals surface area (Å²) in [6.45, 7) is 11.4. The molecule has 0 radical (unpaired) electrons. The topological polar surface area (TPSA) is 18.5 Å². The third kappa shape index (κ3) is 4.55. The smallest absolute Gasteiger partial charge is 0.0331 e. The van der Waals surface area contributed by atoms with Gasteiger partial charge in [0.1, 0.15) is 0 Å². The Hall–Kier alpha value is -0.420. The number of nitrogens with zero attached hydrogens (tertiary/aromatic N) is 2. The highest BCUT2D eigenvalue weighted by Crippen LogP contribution is 2.21. The zero-order chi connectivity index (χ0) is 14.4. The van der Waals surface area contributed by atoms with Gasteiger partial charge in [0.25, 0.3) is 0 Å². The maximum atomic E-state index is 3.41. The largest absolute Gasteiger partial charge is 0.312 e. The Labute approximate surface area is 128 Å². The number of likely N-dealkylation sites (N-methyl/N-ethyl adjacent to an activating group) is 1. The van der Waals surface area contributed by atoms with Crippen LogP contribution in [0.5, 0.6) is 0 Å². The molecule has 0 spiro atoms. The highest BCUT2D eigenvalue weighted by molar-refractivity contribution is 7.11. The molecule has 1 aliphatic rings. The van der Waals surface area contributed by atoms with Crippen LogP contribution >= 0.6 is 11.3 Å². The minimum Gasteiger partial charge on any atom is -0.312 e. The Morgan fingerprint density at radius 3 is 2.80 bits per heavy atom. The summed E-state index contributed by atoms with van der Waals surface area (Å²) >= 11 is 1.97. The lowest BCUT2D eigenvalue weighted by molar-refractivity contribution is 0.177. The van der Waals surface area contributed by atoms with Gasteiger partial charge < -0.3 is 10.2 Å². The minimum atomic E-state index is 0.710. The van der Waals surface area contributed by atoms with Gasteiger partial charge in [-0.1, -0.05) is 13.8 Å². The summed E-state index contributed by atoms with van der Waals surface area (Å²) in [4.78, 5) is 8.15. The van der Waals surface area contributed by atoms with E-state index in [2.05, 4.69) is 48.1 Å². The molecule has 0 bridgehead atoms. The molecule has 1 N–H and O–H groups in total. The molecule has 1 unspecified atom stereocenters. The molecule has 1 fully saturated rings. The molecule has 1 saturated heterocycles. The first-order chi connectivity index (χ1) is 9.72. The van der Waals surface area contributed by atoms with Crippen molar-refractivity contribution in [3.63, 3.8) is 0 Å². The summed E-state index contributed by atoms with van der Waals surface area (Å²) in [5, 5.41) is 3.41. The van der Waals surface area contributed by atoms with Crippen molar-refractivity contribution in [2.75, 3.05) is 33.2 Å². The van der Waals surface area contributed by atoms with E-state index >= 15 is 0 Å². The van der Waals surface area contributed by atoms with E-state index < -0.39 is 0 Å². The van der Waals surface area contributed by atoms with Crippen molar-refractivity contribution < 1.29 is 0 Å². The number of hydrogen-bond acceptors (Lipinski definition) is 4. The van der Waals surface area contributed by atoms with Crippen LogP contribution < -0.4 is 5.32 Å². The van der Waals surface area contributed by atoms with Gasteiger partial charge in [-0.05, 0) is 45.1 Å². The Kier molecular flexibility index (Phi) is 6.49. The second-order valence-electron chi connectivity index (χ2n) is 5.80. The fourth-order valence-electron chi connectivity index (χ4n) is 2.94. The van der Waals surface area contributed by atoms with E-state index in [1.165, 1.54) is 42.2 Å². The molecule has 0 aliphatic carbocycles. The highest BCUT2D eigenvalue weighted by Gasteiger charge is 2.22. The van der Waals surface area contributed by atoms with Crippen LogP contribution in [0.25, 0.3) is 0 Å². The first-order valence-corrected chi connectivity index (χ1v) is 8.75. The molecule has 0 saturated carbocycles. The summed E-state index contributed by atoms with van der Waals surface area (Å²) in [5.41, 5.74) is 0. The lowest BCUT2D eigenvalue weighted by atomic mass is 10.2. The lowest BCUT2D eigenvalue weighted by Gasteiger charge is -2.29. The average molecular weight is 295 g/mol. The molecule has 3 nitrogen and oxygen atoms in total. The summed E-state index contributed by atoms with van der Waals surface area (Å²) in [5.74, 6) is 0. The van der Waals surface area contributed by atoms with E-state index in [9.17, 15) is 0 Å². The predicted octanol–water partition coefficient (Wildman–Crippen LogP) is 2.77. The van der Waals surface area contributed by atoms with Crippen molar-refractivity contribution in [3.8, 4) is 0 Å². The zero-order valence-electron chi connectivity index (χ0n) is 13.2. The van der Waals surface area contributed by atoms with Crippen molar-refractivity contribution >= 4 is 11.3 Å². The van der Waals surface area contributed by atoms with Crippen LogP contribution in [0.4, 0.5) is 0 Å². The Balaban J connectivity index is 1.94. The molecule has 0 amide bonds. The zero-order valence-corrected chi connectivity index (χ0v) is 14.0. The van der Waals surface area contributed by atoms with Crippen LogP contribution in [-0.2, 0) is 13.1 Å². The lowest BCUT2D eigenvalue weighted by Crippen LogP contribution is -2.39. The van der Waals surface area contributed by atoms with Gasteiger partial charge in [-0.3, -0.25) is 4.90 Å². The molecule has 2 heterocycles. The number of rotatable bonds is 6. The highest BCUT2D eigenvalue weighted by atomic mass is 32.1. The van der Waals surface area contributed by atoms with Crippen LogP contribution in [0.1, 0.15) is 36.4 Å². The third-order valence-electron chi connectivity index (χ3n) is 4.12. The predicted molar refractivity (Wildman–Crippen MR) is 88.3 cm³/mol. The monoisotopic (exact) mass is 295 g/mol. The Morgan fingerprint density at radius 1 is 1.25 bits per heavy atom. The standard InChI is InChI=1S/C16H29N3S/c1-4-14-12-18(3)9-6-10-19(14)13-16-8-7-15(20-16)11-17-5-2/h7-8,14,17H,4-6,9-13H2,1-3H3. The third-order valence-corrected chi connectivity index (χ3v) is 5.19. The maximum absolute atomic E-state index is 3.41. The van der Waals surface area contributed by atoms with Crippen molar-refractivity contribution in [2.45, 2.75) is 45.8 Å². The molecular formula is C16H29N3S. The summed E-state index contributed by atoms with van der Waals surface area (Å²) in [6, 6.07) is 5.31. The van der Waals surface area contributed by atoms with Crippen molar-refractivity contribution in [1.82, 2.24) is 15.1 Å². The second kappa shape index (κ2) is 8.13. The molecule has 4 heteroatoms. The van der Waals surface area contributed by atoms with Crippen LogP contribution in [0.3, 0.4) is 0 Å². The molecule has 0 aromatic carbocycles. The first-order valence-electron chi connectivity index (χ1n) is 7.93. The quantitative estimate of drug-likeness (QED) is 0.870. The molecular weight excluding hydrogens is 266 g/mol. The average Bonchev–Trinajstić information content (AvgIpc) is 2.81. The Bertz CT molecular complexity index is 391. The molecule has 114 valence electrons. The van der Waals surface area contributed by atoms with Crippen LogP contribution in [0.2, 0.25) is 0 Å². The summed E-state index contributed by atoms with van der Waals surface area (Å²) in [7, 11) is 2.26. The molecule has 1 atom stereocenters. The molecule has 1 aromatic rings. The SMILES string of the molecule is CCNCc1ccc(CN2CCCN(C)CC2CC)s1. The number of thiophene rings is 1. The van der Waals surface area contributed by atoms with E-state index in [1.807, 2.05) is 11.3 Å². The fraction of sp³-hybridized carbons (Fsp3) is 0.750. The summed E-state index contributed by atoms with van der Waals surface area (Å²) in [6.07, 6.45) is 2.54. The van der Waals surface area contributed by atoms with Crippen LogP contribution in [0, 0.1) is 0 Å². The van der Waals surface area contributed by atoms with Crippen LogP contribution in [-0.4, -0.2) is 49.1 Å². The van der Waals surface area contributed by atoms with E-state index in [-0.39, 0.29) is 0 Å². The van der Waals surface area contributed by atoms with E-state index in [0.29, 0.717) is 6.04 Å². The summed E-state index contributed by atoms with van der Waals surface area (Å²) < 4.78 is 0. The van der Waals surface area contributed by atoms with Crippen molar-refractivity contribution in [3.05, 3.63) is 21.9 Å². The Morgan fingerprint density at radius 2 is 2.05 bits per heavy atom. The molecule has 1 aromatic heterocycles. The maximum Gasteiger partial charge on any atom is 0.0331 e. The van der Waals surface area contributed by atoms with E-state index in [1.54, 1.807) is 0 Å². The molecule has 2 rings (SSSR count). The van der Waals surface area contributed by atoms with Gasteiger partial charge in [-0.2, -0.15) is 0 Å². The van der Waals surface area contributed by atoms with Gasteiger partial charge in [-0.15, -0.1) is 11.3 Å². The van der Waals surface area contributed by atoms with E-state index in [0.717, 1.165) is 19.6 Å². The molecule has 20 heavy (non-hydrogen) atoms. The number of nitrogens with one attached hydrogen (secondary N) is 1. The first kappa shape index (κ1) is 16.0. The van der Waals surface area contributed by atoms with E-state index in [4.69, 9.17) is 0 Å². The van der Waals surface area contributed by atoms with Gasteiger partial charge in [0.05, 0.1) is 0 Å². The minimum absolute atomic E-state index is 0.710. The molecule has 1 aliphatic heterocycles. The van der Waals surface area contributed by atoms with Crippen molar-refractivity contribution in [2.24, 2.45) is 0 Å². The fourth-order valence-corrected chi connectivity index (χ4v) is 3.95. The van der Waals surface area contributed by atoms with Gasteiger partial charge in [0.15, 0.2) is 0 Å².